The summed E-state index contributed by atoms with van der Waals surface area (Å²) in [4.78, 5) is 2.73. The molecule has 0 aromatic rings. The summed E-state index contributed by atoms with van der Waals surface area (Å²) in [6, 6.07) is 0.692. The van der Waals surface area contributed by atoms with Crippen LogP contribution in [-0.4, -0.2) is 29.1 Å². The molecule has 0 aromatic carbocycles. The smallest absolute Gasteiger partial charge is 0.0610 e. The third kappa shape index (κ3) is 3.36. The van der Waals surface area contributed by atoms with Crippen molar-refractivity contribution < 1.29 is 0 Å². The van der Waals surface area contributed by atoms with Crippen molar-refractivity contribution in [1.82, 2.24) is 4.90 Å². The minimum Gasteiger partial charge on any atom is -0.290 e. The maximum Gasteiger partial charge on any atom is 0.0610 e. The molecule has 0 spiro atoms. The van der Waals surface area contributed by atoms with Gasteiger partial charge in [0.05, 0.1) is 4.87 Å². The van der Waals surface area contributed by atoms with Gasteiger partial charge in [-0.25, -0.2) is 0 Å². The highest BCUT2D eigenvalue weighted by atomic mass is 32.2. The molecule has 0 saturated carbocycles. The molecule has 0 amide bonds. The summed E-state index contributed by atoms with van der Waals surface area (Å²) < 4.78 is 0. The van der Waals surface area contributed by atoms with E-state index in [0.29, 0.717) is 6.04 Å². The Labute approximate surface area is 81.9 Å². The van der Waals surface area contributed by atoms with Gasteiger partial charge in [-0.2, -0.15) is 0 Å². The molecule has 0 heterocycles. The first-order valence-electron chi connectivity index (χ1n) is 4.73. The summed E-state index contributed by atoms with van der Waals surface area (Å²) in [7, 11) is 2.22. The normalized spacial score (nSPS) is 15.2. The zero-order valence-corrected chi connectivity index (χ0v) is 10.2. The predicted octanol–water partition coefficient (Wildman–Crippen LogP) is 3.21. The summed E-state index contributed by atoms with van der Waals surface area (Å²) in [5, 5.41) is 0. The van der Waals surface area contributed by atoms with Crippen molar-refractivity contribution in [3.05, 3.63) is 0 Å². The molecule has 0 aromatic heterocycles. The number of rotatable bonds is 5. The van der Waals surface area contributed by atoms with Crippen molar-refractivity contribution in [1.29, 1.82) is 0 Å². The molecular weight excluding hydrogens is 166 g/mol. The number of hydrogen-bond acceptors (Lipinski definition) is 2. The summed E-state index contributed by atoms with van der Waals surface area (Å²) >= 11 is 1.92. The van der Waals surface area contributed by atoms with E-state index in [-0.39, 0.29) is 4.87 Å². The van der Waals surface area contributed by atoms with E-state index >= 15 is 0 Å². The van der Waals surface area contributed by atoms with Crippen LogP contribution in [0.15, 0.2) is 0 Å². The number of nitrogens with zero attached hydrogens (tertiary/aromatic N) is 1. The van der Waals surface area contributed by atoms with Crippen molar-refractivity contribution in [3.8, 4) is 0 Å². The molecule has 1 atom stereocenters. The van der Waals surface area contributed by atoms with Crippen LogP contribution in [0.3, 0.4) is 0 Å². The Balaban J connectivity index is 4.07. The van der Waals surface area contributed by atoms with Crippen LogP contribution in [0.4, 0.5) is 0 Å². The second kappa shape index (κ2) is 5.13. The Morgan fingerprint density at radius 2 is 1.92 bits per heavy atom. The van der Waals surface area contributed by atoms with Gasteiger partial charge < -0.3 is 0 Å². The van der Waals surface area contributed by atoms with Gasteiger partial charge in [-0.15, -0.1) is 11.8 Å². The van der Waals surface area contributed by atoms with E-state index in [2.05, 4.69) is 45.9 Å². The zero-order valence-electron chi connectivity index (χ0n) is 9.35. The SMILES string of the molecule is CCCC(C)N(C)C(C)(C)SC. The van der Waals surface area contributed by atoms with Crippen molar-refractivity contribution in [3.63, 3.8) is 0 Å². The predicted molar refractivity (Wildman–Crippen MR) is 59.7 cm³/mol. The molecule has 0 aliphatic carbocycles. The molecule has 1 unspecified atom stereocenters. The average molecular weight is 189 g/mol. The van der Waals surface area contributed by atoms with E-state index in [1.54, 1.807) is 0 Å². The van der Waals surface area contributed by atoms with Gasteiger partial charge in [0.1, 0.15) is 0 Å². The van der Waals surface area contributed by atoms with E-state index in [1.807, 2.05) is 11.8 Å². The first kappa shape index (κ1) is 12.3. The lowest BCUT2D eigenvalue weighted by atomic mass is 10.1. The molecule has 1 nitrogen and oxygen atoms in total. The van der Waals surface area contributed by atoms with Crippen molar-refractivity contribution in [2.45, 2.75) is 51.4 Å². The first-order valence-corrected chi connectivity index (χ1v) is 5.96. The second-order valence-corrected chi connectivity index (χ2v) is 5.31. The van der Waals surface area contributed by atoms with Crippen LogP contribution in [0.2, 0.25) is 0 Å². The van der Waals surface area contributed by atoms with Crippen LogP contribution >= 0.6 is 11.8 Å². The molecule has 0 N–H and O–H groups in total. The Kier molecular flexibility index (Phi) is 5.26. The average Bonchev–Trinajstić information content (AvgIpc) is 2.03. The molecule has 0 saturated heterocycles. The maximum absolute atomic E-state index is 2.46. The molecule has 12 heavy (non-hydrogen) atoms. The van der Waals surface area contributed by atoms with Crippen LogP contribution in [0.5, 0.6) is 0 Å². The van der Waals surface area contributed by atoms with Gasteiger partial charge >= 0.3 is 0 Å². The van der Waals surface area contributed by atoms with E-state index in [1.165, 1.54) is 12.8 Å². The van der Waals surface area contributed by atoms with Gasteiger partial charge in [0.2, 0.25) is 0 Å². The Morgan fingerprint density at radius 3 is 2.25 bits per heavy atom. The zero-order chi connectivity index (χ0) is 9.78. The first-order chi connectivity index (χ1) is 5.45. The fraction of sp³-hybridized carbons (Fsp3) is 1.00. The summed E-state index contributed by atoms with van der Waals surface area (Å²) in [6.07, 6.45) is 4.74. The Hall–Kier alpha value is 0.310. The fourth-order valence-electron chi connectivity index (χ4n) is 1.29. The highest BCUT2D eigenvalue weighted by molar-refractivity contribution is 7.99. The molecule has 0 aliphatic rings. The Morgan fingerprint density at radius 1 is 1.42 bits per heavy atom. The summed E-state index contributed by atoms with van der Waals surface area (Å²) in [6.45, 7) is 9.12. The minimum atomic E-state index is 0.272. The molecule has 74 valence electrons. The summed E-state index contributed by atoms with van der Waals surface area (Å²) in [5.74, 6) is 0. The van der Waals surface area contributed by atoms with Gasteiger partial charge in [-0.1, -0.05) is 13.3 Å². The van der Waals surface area contributed by atoms with E-state index in [0.717, 1.165) is 0 Å². The van der Waals surface area contributed by atoms with E-state index in [4.69, 9.17) is 0 Å². The van der Waals surface area contributed by atoms with E-state index in [9.17, 15) is 0 Å². The molecule has 0 fully saturated rings. The largest absolute Gasteiger partial charge is 0.290 e. The van der Waals surface area contributed by atoms with Crippen LogP contribution in [-0.2, 0) is 0 Å². The van der Waals surface area contributed by atoms with Crippen molar-refractivity contribution in [2.24, 2.45) is 0 Å². The third-order valence-corrected chi connectivity index (χ3v) is 4.00. The van der Waals surface area contributed by atoms with Crippen molar-refractivity contribution in [2.75, 3.05) is 13.3 Å². The molecule has 0 radical (unpaired) electrons. The van der Waals surface area contributed by atoms with Crippen LogP contribution in [0.25, 0.3) is 0 Å². The van der Waals surface area contributed by atoms with Crippen LogP contribution in [0.1, 0.15) is 40.5 Å². The van der Waals surface area contributed by atoms with Gasteiger partial charge in [0, 0.05) is 6.04 Å². The Bertz CT molecular complexity index is 123. The second-order valence-electron chi connectivity index (χ2n) is 3.90. The van der Waals surface area contributed by atoms with E-state index < -0.39 is 0 Å². The lowest BCUT2D eigenvalue weighted by molar-refractivity contribution is 0.175. The lowest BCUT2D eigenvalue weighted by Crippen LogP contribution is -2.43. The number of hydrogen-bond donors (Lipinski definition) is 0. The highest BCUT2D eigenvalue weighted by Gasteiger charge is 2.25. The molecule has 0 aliphatic heterocycles. The maximum atomic E-state index is 2.46. The standard InChI is InChI=1S/C10H23NS/c1-7-8-9(2)11(5)10(3,4)12-6/h9H,7-8H2,1-6H3. The molecule has 2 heteroatoms. The minimum absolute atomic E-state index is 0.272. The topological polar surface area (TPSA) is 3.24 Å². The molecule has 0 rings (SSSR count). The fourth-order valence-corrected chi connectivity index (χ4v) is 1.75. The van der Waals surface area contributed by atoms with Crippen LogP contribution in [0, 0.1) is 0 Å². The van der Waals surface area contributed by atoms with Gasteiger partial charge in [0.15, 0.2) is 0 Å². The quantitative estimate of drug-likeness (QED) is 0.611. The van der Waals surface area contributed by atoms with Gasteiger partial charge in [0.25, 0.3) is 0 Å². The molecular formula is C10H23NS. The summed E-state index contributed by atoms with van der Waals surface area (Å²) in [5.41, 5.74) is 0. The van der Waals surface area contributed by atoms with Crippen molar-refractivity contribution >= 4 is 11.8 Å². The lowest BCUT2D eigenvalue weighted by Gasteiger charge is -2.38. The van der Waals surface area contributed by atoms with Gasteiger partial charge in [-0.3, -0.25) is 4.90 Å². The number of thioether (sulfide) groups is 1. The monoisotopic (exact) mass is 189 g/mol. The molecule has 0 bridgehead atoms. The van der Waals surface area contributed by atoms with Gasteiger partial charge in [-0.05, 0) is 40.5 Å². The highest BCUT2D eigenvalue weighted by Crippen LogP contribution is 2.27. The third-order valence-electron chi connectivity index (χ3n) is 2.72. The van der Waals surface area contributed by atoms with Crippen LogP contribution < -0.4 is 0 Å².